The molecule has 7 nitrogen and oxygen atoms in total. The molecule has 0 spiro atoms. The lowest BCUT2D eigenvalue weighted by Gasteiger charge is -2.12. The summed E-state index contributed by atoms with van der Waals surface area (Å²) < 4.78 is 19.5. The van der Waals surface area contributed by atoms with E-state index in [2.05, 4.69) is 16.0 Å². The summed E-state index contributed by atoms with van der Waals surface area (Å²) in [4.78, 5) is 39.0. The van der Waals surface area contributed by atoms with Crippen molar-refractivity contribution in [2.75, 3.05) is 23.5 Å². The number of methoxy groups -OCH3 is 1. The van der Waals surface area contributed by atoms with Gasteiger partial charge in [-0.2, -0.15) is 0 Å². The van der Waals surface area contributed by atoms with Gasteiger partial charge in [-0.1, -0.05) is 42.5 Å². The molecular formula is C31H26FN3O4S. The molecule has 4 rings (SSSR count). The molecular weight excluding hydrogens is 529 g/mol. The predicted octanol–water partition coefficient (Wildman–Crippen LogP) is 5.97. The highest BCUT2D eigenvalue weighted by Gasteiger charge is 2.16. The minimum absolute atomic E-state index is 0.119. The average molecular weight is 556 g/mol. The van der Waals surface area contributed by atoms with Crippen LogP contribution in [0, 0.1) is 5.82 Å². The van der Waals surface area contributed by atoms with Crippen LogP contribution in [0.3, 0.4) is 0 Å². The molecule has 4 aromatic rings. The minimum Gasteiger partial charge on any atom is -0.497 e. The summed E-state index contributed by atoms with van der Waals surface area (Å²) in [5, 5.41) is 8.14. The fourth-order valence-electron chi connectivity index (χ4n) is 3.57. The monoisotopic (exact) mass is 555 g/mol. The van der Waals surface area contributed by atoms with Crippen molar-refractivity contribution in [3.05, 3.63) is 126 Å². The van der Waals surface area contributed by atoms with Crippen LogP contribution in [-0.4, -0.2) is 30.6 Å². The fourth-order valence-corrected chi connectivity index (χ4v) is 4.27. The molecule has 202 valence electrons. The van der Waals surface area contributed by atoms with E-state index in [1.165, 1.54) is 36.0 Å². The summed E-state index contributed by atoms with van der Waals surface area (Å²) in [5.74, 6) is -0.993. The predicted molar refractivity (Wildman–Crippen MR) is 156 cm³/mol. The number of benzene rings is 4. The third-order valence-corrected chi connectivity index (χ3v) is 6.58. The first kappa shape index (κ1) is 28.1. The Labute approximate surface area is 235 Å². The number of rotatable bonds is 10. The van der Waals surface area contributed by atoms with Crippen molar-refractivity contribution in [2.45, 2.75) is 4.90 Å². The third-order valence-electron chi connectivity index (χ3n) is 5.57. The average Bonchev–Trinajstić information content (AvgIpc) is 2.98. The second-order valence-electron chi connectivity index (χ2n) is 8.45. The van der Waals surface area contributed by atoms with Crippen molar-refractivity contribution in [1.82, 2.24) is 5.32 Å². The summed E-state index contributed by atoms with van der Waals surface area (Å²) >= 11 is 1.33. The molecule has 0 bridgehead atoms. The number of nitrogens with one attached hydrogen (secondary N) is 3. The van der Waals surface area contributed by atoms with Gasteiger partial charge in [0.1, 0.15) is 17.3 Å². The van der Waals surface area contributed by atoms with E-state index in [-0.39, 0.29) is 22.9 Å². The van der Waals surface area contributed by atoms with Crippen LogP contribution in [-0.2, 0) is 9.59 Å². The molecule has 0 aliphatic heterocycles. The van der Waals surface area contributed by atoms with Gasteiger partial charge >= 0.3 is 0 Å². The first-order valence-electron chi connectivity index (χ1n) is 12.2. The number of carbonyl (C=O) groups excluding carboxylic acids is 3. The molecule has 0 radical (unpaired) electrons. The van der Waals surface area contributed by atoms with Gasteiger partial charge in [0.25, 0.3) is 11.8 Å². The van der Waals surface area contributed by atoms with Crippen LogP contribution < -0.4 is 20.7 Å². The number of anilines is 2. The maximum absolute atomic E-state index is 14.3. The van der Waals surface area contributed by atoms with Crippen LogP contribution in [0.25, 0.3) is 6.08 Å². The third kappa shape index (κ3) is 8.05. The van der Waals surface area contributed by atoms with Crippen molar-refractivity contribution in [3.63, 3.8) is 0 Å². The lowest BCUT2D eigenvalue weighted by Crippen LogP contribution is -2.30. The Hall–Kier alpha value is -4.89. The molecule has 0 aliphatic carbocycles. The molecule has 0 heterocycles. The zero-order valence-corrected chi connectivity index (χ0v) is 22.3. The number of thioether (sulfide) groups is 1. The minimum atomic E-state index is -0.620. The molecule has 0 atom stereocenters. The Morgan fingerprint density at radius 3 is 2.27 bits per heavy atom. The lowest BCUT2D eigenvalue weighted by molar-refractivity contribution is -0.114. The first-order valence-corrected chi connectivity index (χ1v) is 13.2. The lowest BCUT2D eigenvalue weighted by atomic mass is 10.1. The van der Waals surface area contributed by atoms with Crippen LogP contribution >= 0.6 is 11.8 Å². The quantitative estimate of drug-likeness (QED) is 0.165. The van der Waals surface area contributed by atoms with Crippen LogP contribution in [0.1, 0.15) is 15.9 Å². The number of hydrogen-bond acceptors (Lipinski definition) is 5. The van der Waals surface area contributed by atoms with Crippen molar-refractivity contribution in [3.8, 4) is 5.75 Å². The fraction of sp³-hybridized carbons (Fsp3) is 0.0645. The summed E-state index contributed by atoms with van der Waals surface area (Å²) in [6, 6.07) is 28.3. The van der Waals surface area contributed by atoms with Crippen LogP contribution in [0.2, 0.25) is 0 Å². The summed E-state index contributed by atoms with van der Waals surface area (Å²) in [6.07, 6.45) is 1.29. The highest BCUT2D eigenvalue weighted by Crippen LogP contribution is 2.22. The highest BCUT2D eigenvalue weighted by atomic mass is 32.2. The number of ether oxygens (including phenoxy) is 1. The topological polar surface area (TPSA) is 96.5 Å². The van der Waals surface area contributed by atoms with Gasteiger partial charge in [0.05, 0.1) is 12.9 Å². The van der Waals surface area contributed by atoms with Gasteiger partial charge < -0.3 is 20.7 Å². The second-order valence-corrected chi connectivity index (χ2v) is 9.50. The van der Waals surface area contributed by atoms with E-state index in [0.29, 0.717) is 22.7 Å². The molecule has 3 amide bonds. The van der Waals surface area contributed by atoms with E-state index >= 15 is 0 Å². The molecule has 0 saturated heterocycles. The van der Waals surface area contributed by atoms with E-state index in [9.17, 15) is 18.8 Å². The zero-order valence-electron chi connectivity index (χ0n) is 21.5. The Kier molecular flexibility index (Phi) is 9.68. The molecule has 3 N–H and O–H groups in total. The number of hydrogen-bond donors (Lipinski definition) is 3. The maximum Gasteiger partial charge on any atom is 0.272 e. The molecule has 0 saturated carbocycles. The van der Waals surface area contributed by atoms with Crippen molar-refractivity contribution < 1.29 is 23.5 Å². The summed E-state index contributed by atoms with van der Waals surface area (Å²) in [6.45, 7) is 0. The normalized spacial score (nSPS) is 10.9. The zero-order chi connectivity index (χ0) is 28.3. The van der Waals surface area contributed by atoms with Crippen molar-refractivity contribution in [1.29, 1.82) is 0 Å². The van der Waals surface area contributed by atoms with Gasteiger partial charge in [0.15, 0.2) is 0 Å². The number of carbonyl (C=O) groups is 3. The van der Waals surface area contributed by atoms with Gasteiger partial charge in [-0.05, 0) is 60.7 Å². The Balaban J connectivity index is 1.40. The van der Waals surface area contributed by atoms with E-state index in [0.717, 1.165) is 4.90 Å². The molecule has 4 aromatic carbocycles. The largest absolute Gasteiger partial charge is 0.497 e. The summed E-state index contributed by atoms with van der Waals surface area (Å²) in [5.41, 5.74) is 1.49. The maximum atomic E-state index is 14.3. The van der Waals surface area contributed by atoms with Gasteiger partial charge in [-0.3, -0.25) is 14.4 Å². The van der Waals surface area contributed by atoms with Gasteiger partial charge in [0.2, 0.25) is 5.91 Å². The van der Waals surface area contributed by atoms with Gasteiger partial charge in [-0.15, -0.1) is 11.8 Å². The molecule has 9 heteroatoms. The second kappa shape index (κ2) is 13.8. The molecule has 0 aromatic heterocycles. The summed E-state index contributed by atoms with van der Waals surface area (Å²) in [7, 11) is 1.56. The smallest absolute Gasteiger partial charge is 0.272 e. The van der Waals surface area contributed by atoms with E-state index in [4.69, 9.17) is 4.74 Å². The standard InChI is InChI=1S/C31H26FN3O4S/c1-39-25-12-7-11-24(19-25)33-29(36)20-40-26-16-14-23(15-17-26)34-31(38)28(18-22-10-5-6-13-27(22)32)35-30(37)21-8-3-2-4-9-21/h2-19H,20H2,1H3,(H,33,36)(H,34,38)(H,35,37)/b28-18-. The van der Waals surface area contributed by atoms with E-state index < -0.39 is 17.6 Å². The van der Waals surface area contributed by atoms with E-state index in [1.54, 1.807) is 92.0 Å². The van der Waals surface area contributed by atoms with E-state index in [1.807, 2.05) is 0 Å². The number of halogens is 1. The first-order chi connectivity index (χ1) is 19.4. The molecule has 0 fully saturated rings. The molecule has 0 aliphatic rings. The Bertz CT molecular complexity index is 1530. The number of amides is 3. The van der Waals surface area contributed by atoms with Gasteiger partial charge in [-0.25, -0.2) is 4.39 Å². The van der Waals surface area contributed by atoms with Crippen molar-refractivity contribution in [2.24, 2.45) is 0 Å². The SMILES string of the molecule is COc1cccc(NC(=O)CSc2ccc(NC(=O)/C(=C/c3ccccc3F)NC(=O)c3ccccc3)cc2)c1. The van der Waals surface area contributed by atoms with Crippen molar-refractivity contribution >= 4 is 46.9 Å². The van der Waals surface area contributed by atoms with Crippen LogP contribution in [0.5, 0.6) is 5.75 Å². The van der Waals surface area contributed by atoms with Crippen LogP contribution in [0.4, 0.5) is 15.8 Å². The highest BCUT2D eigenvalue weighted by molar-refractivity contribution is 8.00. The van der Waals surface area contributed by atoms with Gasteiger partial charge in [0, 0.05) is 33.5 Å². The Morgan fingerprint density at radius 1 is 0.825 bits per heavy atom. The molecule has 40 heavy (non-hydrogen) atoms. The Morgan fingerprint density at radius 2 is 1.55 bits per heavy atom. The molecule has 0 unspecified atom stereocenters. The van der Waals surface area contributed by atoms with Crippen LogP contribution in [0.15, 0.2) is 114 Å².